The van der Waals surface area contributed by atoms with Gasteiger partial charge in [-0.15, -0.1) is 4.72 Å². The van der Waals surface area contributed by atoms with Crippen molar-refractivity contribution in [1.29, 1.82) is 0 Å². The molecule has 26 heavy (non-hydrogen) atoms. The van der Waals surface area contributed by atoms with Gasteiger partial charge in [0.25, 0.3) is 0 Å². The van der Waals surface area contributed by atoms with E-state index in [9.17, 15) is 8.94 Å². The molecule has 5 nitrogen and oxygen atoms in total. The van der Waals surface area contributed by atoms with Crippen molar-refractivity contribution in [2.24, 2.45) is 0 Å². The highest BCUT2D eigenvalue weighted by Crippen LogP contribution is 2.41. The molecule has 0 aromatic carbocycles. The second-order valence-corrected chi connectivity index (χ2v) is 10.1. The van der Waals surface area contributed by atoms with E-state index in [0.717, 1.165) is 43.5 Å². The molecule has 0 spiro atoms. The van der Waals surface area contributed by atoms with Crippen LogP contribution in [0.2, 0.25) is 0 Å². The van der Waals surface area contributed by atoms with Crippen LogP contribution in [-0.4, -0.2) is 19.3 Å². The molecule has 0 radical (unpaired) electrons. The van der Waals surface area contributed by atoms with Gasteiger partial charge in [0.05, 0.1) is 17.5 Å². The number of halogens is 1. The number of pyridine rings is 1. The van der Waals surface area contributed by atoms with E-state index in [1.54, 1.807) is 6.07 Å². The summed E-state index contributed by atoms with van der Waals surface area (Å²) in [6.45, 7) is 5.78. The Morgan fingerprint density at radius 3 is 2.77 bits per heavy atom. The Balaban J connectivity index is 1.64. The average Bonchev–Trinajstić information content (AvgIpc) is 3.33. The van der Waals surface area contributed by atoms with E-state index < -0.39 is 17.2 Å². The SMILES string of the molecule is CC(C)(C)[S@+]([O-])N[C@H]1CCCc2nc(-c3cc(C4CC4)ncc3F)oc21. The van der Waals surface area contributed by atoms with Crippen LogP contribution in [0.25, 0.3) is 11.5 Å². The Kier molecular flexibility index (Phi) is 4.57. The quantitative estimate of drug-likeness (QED) is 0.809. The van der Waals surface area contributed by atoms with Crippen LogP contribution >= 0.6 is 0 Å². The van der Waals surface area contributed by atoms with Gasteiger partial charge in [-0.1, -0.05) is 0 Å². The number of aryl methyl sites for hydroxylation is 1. The van der Waals surface area contributed by atoms with Gasteiger partial charge in [0.1, 0.15) is 16.5 Å². The Morgan fingerprint density at radius 2 is 2.08 bits per heavy atom. The molecule has 0 unspecified atom stereocenters. The van der Waals surface area contributed by atoms with E-state index in [1.807, 2.05) is 20.8 Å². The molecule has 0 amide bonds. The molecule has 1 N–H and O–H groups in total. The van der Waals surface area contributed by atoms with Crippen LogP contribution in [0.1, 0.15) is 75.6 Å². The lowest BCUT2D eigenvalue weighted by atomic mass is 9.98. The fourth-order valence-corrected chi connectivity index (χ4v) is 4.01. The van der Waals surface area contributed by atoms with Crippen LogP contribution < -0.4 is 4.72 Å². The van der Waals surface area contributed by atoms with Crippen molar-refractivity contribution in [1.82, 2.24) is 14.7 Å². The topological polar surface area (TPSA) is 74.0 Å². The van der Waals surface area contributed by atoms with Crippen molar-refractivity contribution < 1.29 is 13.4 Å². The van der Waals surface area contributed by atoms with Crippen molar-refractivity contribution >= 4 is 11.4 Å². The maximum absolute atomic E-state index is 14.3. The molecule has 1 saturated carbocycles. The van der Waals surface area contributed by atoms with E-state index in [0.29, 0.717) is 23.1 Å². The van der Waals surface area contributed by atoms with Crippen molar-refractivity contribution in [3.8, 4) is 11.5 Å². The van der Waals surface area contributed by atoms with Gasteiger partial charge in [-0.05, 0) is 58.9 Å². The maximum atomic E-state index is 14.3. The van der Waals surface area contributed by atoms with Crippen molar-refractivity contribution in [3.63, 3.8) is 0 Å². The lowest BCUT2D eigenvalue weighted by Crippen LogP contribution is -2.41. The summed E-state index contributed by atoms with van der Waals surface area (Å²) in [7, 11) is 0. The molecule has 0 saturated heterocycles. The first-order valence-corrected chi connectivity index (χ1v) is 10.3. The van der Waals surface area contributed by atoms with Gasteiger partial charge in [0.2, 0.25) is 5.89 Å². The summed E-state index contributed by atoms with van der Waals surface area (Å²) in [5.74, 6) is 0.999. The molecule has 2 heterocycles. The maximum Gasteiger partial charge on any atom is 0.229 e. The fraction of sp³-hybridized carbons (Fsp3) is 0.579. The third-order valence-electron chi connectivity index (χ3n) is 4.86. The number of nitrogens with zero attached hydrogens (tertiary/aromatic N) is 2. The van der Waals surface area contributed by atoms with Gasteiger partial charge >= 0.3 is 0 Å². The molecular formula is C19H24FN3O2S. The fourth-order valence-electron chi connectivity index (χ4n) is 3.17. The van der Waals surface area contributed by atoms with Gasteiger partial charge < -0.3 is 8.97 Å². The molecule has 2 atom stereocenters. The smallest absolute Gasteiger partial charge is 0.229 e. The minimum absolute atomic E-state index is 0.159. The minimum Gasteiger partial charge on any atom is -0.598 e. The number of rotatable bonds is 4. The molecule has 4 rings (SSSR count). The zero-order chi connectivity index (χ0) is 18.5. The zero-order valence-corrected chi connectivity index (χ0v) is 16.2. The van der Waals surface area contributed by atoms with Gasteiger partial charge in [-0.25, -0.2) is 9.37 Å². The lowest BCUT2D eigenvalue weighted by Gasteiger charge is -2.28. The predicted molar refractivity (Wildman–Crippen MR) is 98.4 cm³/mol. The lowest BCUT2D eigenvalue weighted by molar-refractivity contribution is 0.401. The summed E-state index contributed by atoms with van der Waals surface area (Å²) in [5, 5.41) is 0. The number of hydrogen-bond donors (Lipinski definition) is 1. The molecule has 2 aromatic heterocycles. The molecule has 2 aromatic rings. The molecule has 1 fully saturated rings. The van der Waals surface area contributed by atoms with Crippen molar-refractivity contribution in [3.05, 3.63) is 35.2 Å². The van der Waals surface area contributed by atoms with Crippen LogP contribution in [0.3, 0.4) is 0 Å². The largest absolute Gasteiger partial charge is 0.598 e. The predicted octanol–water partition coefficient (Wildman–Crippen LogP) is 4.18. The Labute approximate surface area is 156 Å². The molecule has 140 valence electrons. The number of hydrogen-bond acceptors (Lipinski definition) is 5. The molecular weight excluding hydrogens is 353 g/mol. The van der Waals surface area contributed by atoms with Crippen LogP contribution in [0.5, 0.6) is 0 Å². The first-order valence-electron chi connectivity index (χ1n) is 9.16. The van der Waals surface area contributed by atoms with E-state index >= 15 is 0 Å². The second kappa shape index (κ2) is 6.62. The number of oxazole rings is 1. The Morgan fingerprint density at radius 1 is 1.31 bits per heavy atom. The highest BCUT2D eigenvalue weighted by molar-refractivity contribution is 7.90. The van der Waals surface area contributed by atoms with Crippen LogP contribution in [0.4, 0.5) is 4.39 Å². The zero-order valence-electron chi connectivity index (χ0n) is 15.3. The van der Waals surface area contributed by atoms with E-state index in [4.69, 9.17) is 4.42 Å². The first kappa shape index (κ1) is 17.9. The van der Waals surface area contributed by atoms with Crippen LogP contribution in [0, 0.1) is 5.82 Å². The molecule has 2 aliphatic rings. The number of fused-ring (bicyclic) bond motifs is 1. The number of aromatic nitrogens is 2. The van der Waals surface area contributed by atoms with Crippen molar-refractivity contribution in [2.75, 3.05) is 0 Å². The van der Waals surface area contributed by atoms with E-state index in [1.165, 1.54) is 6.20 Å². The number of nitrogens with one attached hydrogen (secondary N) is 1. The Hall–Kier alpha value is -1.44. The normalized spacial score (nSPS) is 21.5. The van der Waals surface area contributed by atoms with E-state index in [2.05, 4.69) is 14.7 Å². The molecule has 2 aliphatic carbocycles. The standard InChI is InChI=1S/C19H24FN3O2S/c1-19(2,3)26(24)23-15-6-4-5-14-17(15)25-18(22-14)12-9-16(11-7-8-11)21-10-13(12)20/h9-11,15,23H,4-8H2,1-3H3/t15-,26-/m0/s1. The summed E-state index contributed by atoms with van der Waals surface area (Å²) < 4.78 is 35.6. The van der Waals surface area contributed by atoms with Gasteiger partial charge in [-0.3, -0.25) is 4.98 Å². The Bertz CT molecular complexity index is 814. The third-order valence-corrected chi connectivity index (χ3v) is 6.47. The van der Waals surface area contributed by atoms with Crippen molar-refractivity contribution in [2.45, 2.75) is 69.6 Å². The minimum atomic E-state index is -1.21. The molecule has 0 aliphatic heterocycles. The summed E-state index contributed by atoms with van der Waals surface area (Å²) >= 11 is -1.21. The summed E-state index contributed by atoms with van der Waals surface area (Å²) in [6.07, 6.45) is 6.02. The summed E-state index contributed by atoms with van der Waals surface area (Å²) in [6, 6.07) is 1.60. The monoisotopic (exact) mass is 377 g/mol. The highest BCUT2D eigenvalue weighted by Gasteiger charge is 2.35. The average molecular weight is 377 g/mol. The summed E-state index contributed by atoms with van der Waals surface area (Å²) in [5.41, 5.74) is 2.10. The molecule has 7 heteroatoms. The van der Waals surface area contributed by atoms with Gasteiger partial charge in [0, 0.05) is 23.0 Å². The third kappa shape index (κ3) is 3.52. The first-order chi connectivity index (χ1) is 12.3. The van der Waals surface area contributed by atoms with Gasteiger partial charge in [0.15, 0.2) is 5.82 Å². The van der Waals surface area contributed by atoms with Crippen LogP contribution in [0.15, 0.2) is 16.7 Å². The second-order valence-electron chi connectivity index (χ2n) is 8.14. The summed E-state index contributed by atoms with van der Waals surface area (Å²) in [4.78, 5) is 8.74. The van der Waals surface area contributed by atoms with E-state index in [-0.39, 0.29) is 10.8 Å². The molecule has 0 bridgehead atoms. The van der Waals surface area contributed by atoms with Crippen LogP contribution in [-0.2, 0) is 17.8 Å². The van der Waals surface area contributed by atoms with Gasteiger partial charge in [-0.2, -0.15) is 0 Å². The highest BCUT2D eigenvalue weighted by atomic mass is 32.2.